The molecule has 0 unspecified atom stereocenters. The molecule has 42 heavy (non-hydrogen) atoms. The number of aryl methyl sites for hydroxylation is 4. The highest BCUT2D eigenvalue weighted by Gasteiger charge is 2.02. The maximum Gasteiger partial charge on any atom is 0.243 e. The third-order valence-electron chi connectivity index (χ3n) is 7.50. The number of nitrogens with zero attached hydrogens (tertiary/aromatic N) is 4. The number of unbranched alkanes of at least 4 members (excludes halogenated alkanes) is 16. The van der Waals surface area contributed by atoms with E-state index in [4.69, 9.17) is 0 Å². The molecule has 7 nitrogen and oxygen atoms in total. The maximum absolute atomic E-state index is 9.41. The van der Waals surface area contributed by atoms with Gasteiger partial charge in [0.2, 0.25) is 12.7 Å². The van der Waals surface area contributed by atoms with Gasteiger partial charge in [0.1, 0.15) is 24.8 Å². The van der Waals surface area contributed by atoms with Crippen LogP contribution in [0.25, 0.3) is 0 Å². The lowest BCUT2D eigenvalue weighted by atomic mass is 10.1. The van der Waals surface area contributed by atoms with E-state index < -0.39 is 8.60 Å². The van der Waals surface area contributed by atoms with Crippen molar-refractivity contribution in [1.29, 1.82) is 0 Å². The lowest BCUT2D eigenvalue weighted by Crippen LogP contribution is -2.30. The third-order valence-corrected chi connectivity index (χ3v) is 7.97. The van der Waals surface area contributed by atoms with Gasteiger partial charge >= 0.3 is 0 Å². The second kappa shape index (κ2) is 31.2. The molecule has 0 fully saturated rings. The van der Waals surface area contributed by atoms with Gasteiger partial charge in [0, 0.05) is 6.61 Å². The lowest BCUT2D eigenvalue weighted by molar-refractivity contribution is -0.697. The first-order valence-electron chi connectivity index (χ1n) is 17.4. The molecule has 0 saturated carbocycles. The monoisotopic (exact) mass is 610 g/mol. The van der Waals surface area contributed by atoms with Gasteiger partial charge in [0.25, 0.3) is 0 Å². The summed E-state index contributed by atoms with van der Waals surface area (Å²) in [6.07, 6.45) is 38.5. The predicted octanol–water partition coefficient (Wildman–Crippen LogP) is 7.62. The fourth-order valence-electron chi connectivity index (χ4n) is 4.83. The van der Waals surface area contributed by atoms with Crippen LogP contribution >= 0.6 is 8.60 Å². The van der Waals surface area contributed by atoms with E-state index in [1.807, 2.05) is 0 Å². The van der Waals surface area contributed by atoms with E-state index in [1.54, 1.807) is 6.92 Å². The Morgan fingerprint density at radius 3 is 1.10 bits per heavy atom. The van der Waals surface area contributed by atoms with Gasteiger partial charge in [-0.15, -0.1) is 0 Å². The highest BCUT2D eigenvalue weighted by Crippen LogP contribution is 2.11. The number of imidazole rings is 2. The molecule has 0 saturated heterocycles. The van der Waals surface area contributed by atoms with Crippen LogP contribution in [0.2, 0.25) is 0 Å². The SMILES string of the molecule is CCCCCCCCCCC[n+]1ccn(CC)c1.CCCCCCCCCCC[n+]1ccn(CC)c1.CCOP([O-])[O-]. The minimum Gasteiger partial charge on any atom is -0.820 e. The zero-order valence-corrected chi connectivity index (χ0v) is 29.1. The highest BCUT2D eigenvalue weighted by atomic mass is 31.2. The quantitative estimate of drug-likeness (QED) is 0.0697. The van der Waals surface area contributed by atoms with Gasteiger partial charge in [-0.25, -0.2) is 18.3 Å². The van der Waals surface area contributed by atoms with Crippen molar-refractivity contribution >= 4 is 8.60 Å². The van der Waals surface area contributed by atoms with Crippen LogP contribution < -0.4 is 18.9 Å². The summed E-state index contributed by atoms with van der Waals surface area (Å²) in [4.78, 5) is 18.8. The summed E-state index contributed by atoms with van der Waals surface area (Å²) < 4.78 is 13.1. The first-order chi connectivity index (χ1) is 20.5. The van der Waals surface area contributed by atoms with Crippen molar-refractivity contribution < 1.29 is 23.4 Å². The molecule has 2 rings (SSSR count). The van der Waals surface area contributed by atoms with Gasteiger partial charge in [-0.2, -0.15) is 8.60 Å². The van der Waals surface area contributed by atoms with E-state index in [-0.39, 0.29) is 6.61 Å². The summed E-state index contributed by atoms with van der Waals surface area (Å²) >= 11 is 0. The average molecular weight is 611 g/mol. The lowest BCUT2D eigenvalue weighted by Gasteiger charge is -2.27. The number of rotatable bonds is 24. The van der Waals surface area contributed by atoms with Gasteiger partial charge in [-0.1, -0.05) is 104 Å². The third kappa shape index (κ3) is 26.4. The van der Waals surface area contributed by atoms with Crippen molar-refractivity contribution in [2.24, 2.45) is 0 Å². The van der Waals surface area contributed by atoms with Crippen molar-refractivity contribution in [3.05, 3.63) is 37.4 Å². The molecule has 0 aromatic carbocycles. The Kier molecular flexibility index (Phi) is 30.2. The molecule has 8 heteroatoms. The molecular formula is C34H67N4O3P. The zero-order valence-electron chi connectivity index (χ0n) is 28.2. The summed E-state index contributed by atoms with van der Waals surface area (Å²) in [7, 11) is -2.60. The topological polar surface area (TPSA) is 73.0 Å². The molecule has 0 spiro atoms. The van der Waals surface area contributed by atoms with Crippen LogP contribution in [-0.4, -0.2) is 15.7 Å². The highest BCUT2D eigenvalue weighted by molar-refractivity contribution is 7.36. The van der Waals surface area contributed by atoms with E-state index in [2.05, 4.69) is 87.9 Å². The second-order valence-electron chi connectivity index (χ2n) is 11.3. The zero-order chi connectivity index (χ0) is 31.1. The van der Waals surface area contributed by atoms with Crippen LogP contribution in [0, 0.1) is 0 Å². The van der Waals surface area contributed by atoms with E-state index >= 15 is 0 Å². The fourth-order valence-corrected chi connectivity index (χ4v) is 5.04. The second-order valence-corrected chi connectivity index (χ2v) is 12.0. The fraction of sp³-hybridized carbons (Fsp3) is 0.824. The molecule has 2 aromatic rings. The summed E-state index contributed by atoms with van der Waals surface area (Å²) in [5.41, 5.74) is 0. The first-order valence-corrected chi connectivity index (χ1v) is 18.5. The molecule has 0 aliphatic heterocycles. The maximum atomic E-state index is 9.41. The van der Waals surface area contributed by atoms with Crippen molar-refractivity contribution in [1.82, 2.24) is 9.13 Å². The van der Waals surface area contributed by atoms with Crippen molar-refractivity contribution in [3.8, 4) is 0 Å². The van der Waals surface area contributed by atoms with Gasteiger partial charge in [0.05, 0.1) is 26.2 Å². The van der Waals surface area contributed by atoms with E-state index in [0.29, 0.717) is 0 Å². The molecular weight excluding hydrogens is 543 g/mol. The summed E-state index contributed by atoms with van der Waals surface area (Å²) in [5.74, 6) is 0. The molecule has 0 aliphatic rings. The van der Waals surface area contributed by atoms with Gasteiger partial charge in [-0.05, 0) is 46.5 Å². The number of hydrogen-bond donors (Lipinski definition) is 0. The summed E-state index contributed by atoms with van der Waals surface area (Å²) in [6, 6.07) is 0. The Labute approximate surface area is 261 Å². The molecule has 0 amide bonds. The van der Waals surface area contributed by atoms with Gasteiger partial charge in [0.15, 0.2) is 0 Å². The van der Waals surface area contributed by atoms with E-state index in [1.165, 1.54) is 129 Å². The molecule has 0 bridgehead atoms. The average Bonchev–Trinajstić information content (AvgIpc) is 3.65. The molecule has 0 radical (unpaired) electrons. The largest absolute Gasteiger partial charge is 0.820 e. The van der Waals surface area contributed by atoms with Crippen LogP contribution in [0.3, 0.4) is 0 Å². The molecule has 246 valence electrons. The van der Waals surface area contributed by atoms with Crippen LogP contribution in [-0.2, 0) is 30.7 Å². The van der Waals surface area contributed by atoms with Crippen LogP contribution in [0.4, 0.5) is 0 Å². The van der Waals surface area contributed by atoms with Gasteiger partial charge in [-0.3, -0.25) is 0 Å². The Hall–Kier alpha value is -1.27. The predicted molar refractivity (Wildman–Crippen MR) is 174 cm³/mol. The Morgan fingerprint density at radius 1 is 0.524 bits per heavy atom. The normalized spacial score (nSPS) is 10.9. The molecule has 2 aromatic heterocycles. The first kappa shape index (κ1) is 40.7. The van der Waals surface area contributed by atoms with Crippen LogP contribution in [0.1, 0.15) is 150 Å². The van der Waals surface area contributed by atoms with E-state index in [0.717, 1.165) is 13.1 Å². The number of aromatic nitrogens is 4. The molecule has 2 heterocycles. The van der Waals surface area contributed by atoms with Crippen molar-refractivity contribution in [3.63, 3.8) is 0 Å². The Morgan fingerprint density at radius 2 is 0.857 bits per heavy atom. The van der Waals surface area contributed by atoms with Crippen LogP contribution in [0.15, 0.2) is 37.4 Å². The van der Waals surface area contributed by atoms with Crippen molar-refractivity contribution in [2.45, 2.75) is 176 Å². The Bertz CT molecular complexity index is 737. The summed E-state index contributed by atoms with van der Waals surface area (Å²) in [6.45, 7) is 15.3. The summed E-state index contributed by atoms with van der Waals surface area (Å²) in [5, 5.41) is 0. The minimum absolute atomic E-state index is 0.235. The Balaban J connectivity index is 0.000000672. The van der Waals surface area contributed by atoms with Crippen LogP contribution in [0.5, 0.6) is 0 Å². The van der Waals surface area contributed by atoms with Crippen molar-refractivity contribution in [2.75, 3.05) is 6.61 Å². The number of hydrogen-bond acceptors (Lipinski definition) is 3. The standard InChI is InChI=1S/2C16H31N2.C2H5O3P/c2*1-3-5-6-7-8-9-10-11-12-13-18-15-14-17(4-2)16-18;1-2-5-6(3)4/h2*14-16H,3-13H2,1-2H3;2H2,1H3/q2*+1;-2. The molecule has 0 atom stereocenters. The smallest absolute Gasteiger partial charge is 0.243 e. The van der Waals surface area contributed by atoms with E-state index in [9.17, 15) is 9.79 Å². The molecule has 0 aliphatic carbocycles. The van der Waals surface area contributed by atoms with Gasteiger partial charge < -0.3 is 14.3 Å². The molecule has 0 N–H and O–H groups in total. The minimum atomic E-state index is -2.60.